The smallest absolute Gasteiger partial charge is 0.341 e. The van der Waals surface area contributed by atoms with Gasteiger partial charge in [0.1, 0.15) is 17.6 Å². The molecule has 1 aliphatic carbocycles. The van der Waals surface area contributed by atoms with Crippen LogP contribution in [-0.4, -0.2) is 41.9 Å². The molecule has 172 valence electrons. The van der Waals surface area contributed by atoms with Crippen LogP contribution in [0.2, 0.25) is 0 Å². The van der Waals surface area contributed by atoms with Crippen molar-refractivity contribution in [1.82, 2.24) is 4.57 Å². The van der Waals surface area contributed by atoms with Crippen LogP contribution in [0.5, 0.6) is 17.2 Å². The molecule has 2 aromatic carbocycles. The lowest BCUT2D eigenvalue weighted by Gasteiger charge is -2.19. The first-order valence-corrected chi connectivity index (χ1v) is 10.0. The number of fused-ring (bicyclic) bond motifs is 2. The molecule has 0 bridgehead atoms. The molecule has 0 amide bonds. The summed E-state index contributed by atoms with van der Waals surface area (Å²) in [6.45, 7) is -0.0827. The average molecular weight is 467 g/mol. The molecule has 2 atom stereocenters. The molecule has 1 N–H and O–H groups in total. The van der Waals surface area contributed by atoms with E-state index in [1.807, 2.05) is 0 Å². The summed E-state index contributed by atoms with van der Waals surface area (Å²) in [5.41, 5.74) is -0.896. The summed E-state index contributed by atoms with van der Waals surface area (Å²) in [5, 5.41) is 18.0. The van der Waals surface area contributed by atoms with Crippen LogP contribution >= 0.6 is 0 Å². The van der Waals surface area contributed by atoms with Gasteiger partial charge in [-0.1, -0.05) is 0 Å². The van der Waals surface area contributed by atoms with Gasteiger partial charge >= 0.3 is 5.97 Å². The van der Waals surface area contributed by atoms with E-state index >= 15 is 4.39 Å². The number of hydrogen-bond donors (Lipinski definition) is 1. The van der Waals surface area contributed by atoms with Gasteiger partial charge in [0, 0.05) is 18.2 Å². The van der Waals surface area contributed by atoms with Crippen LogP contribution in [0.1, 0.15) is 28.4 Å². The van der Waals surface area contributed by atoms with Gasteiger partial charge in [0.2, 0.25) is 18.4 Å². The first kappa shape index (κ1) is 21.4. The molecule has 9 nitrogen and oxygen atoms in total. The molecular formula is C23H15F2N3O6. The number of aromatic carboxylic acids is 1. The van der Waals surface area contributed by atoms with Crippen molar-refractivity contribution < 1.29 is 32.9 Å². The maximum absolute atomic E-state index is 15.5. The van der Waals surface area contributed by atoms with E-state index < -0.39 is 35.0 Å². The number of alkyl halides is 1. The summed E-state index contributed by atoms with van der Waals surface area (Å²) >= 11 is 0. The van der Waals surface area contributed by atoms with Crippen LogP contribution in [0.25, 0.3) is 22.0 Å². The zero-order valence-electron chi connectivity index (χ0n) is 17.5. The highest BCUT2D eigenvalue weighted by Gasteiger charge is 2.41. The van der Waals surface area contributed by atoms with Crippen LogP contribution in [0, 0.1) is 17.3 Å². The fraction of sp³-hybridized carbons (Fsp3) is 0.217. The molecule has 11 heteroatoms. The van der Waals surface area contributed by atoms with Gasteiger partial charge in [0.25, 0.3) is 0 Å². The number of aliphatic imine (C=N–C) groups is 1. The van der Waals surface area contributed by atoms with E-state index in [-0.39, 0.29) is 46.7 Å². The second-order valence-corrected chi connectivity index (χ2v) is 7.72. The van der Waals surface area contributed by atoms with Crippen molar-refractivity contribution in [2.24, 2.45) is 4.99 Å². The van der Waals surface area contributed by atoms with Crippen molar-refractivity contribution in [3.8, 4) is 34.6 Å². The Kier molecular flexibility index (Phi) is 4.93. The molecule has 3 aromatic rings. The molecule has 2 aliphatic rings. The van der Waals surface area contributed by atoms with Crippen molar-refractivity contribution in [3.05, 3.63) is 51.6 Å². The molecule has 1 saturated carbocycles. The van der Waals surface area contributed by atoms with E-state index in [4.69, 9.17) is 19.5 Å². The Morgan fingerprint density at radius 1 is 1.38 bits per heavy atom. The maximum atomic E-state index is 15.5. The summed E-state index contributed by atoms with van der Waals surface area (Å²) in [4.78, 5) is 28.0. The van der Waals surface area contributed by atoms with Gasteiger partial charge in [-0.25, -0.2) is 13.6 Å². The lowest BCUT2D eigenvalue weighted by Crippen LogP contribution is -2.20. The fourth-order valence-electron chi connectivity index (χ4n) is 4.15. The predicted molar refractivity (Wildman–Crippen MR) is 115 cm³/mol. The highest BCUT2D eigenvalue weighted by atomic mass is 19.1. The minimum atomic E-state index is -1.50. The number of ether oxygens (including phenoxy) is 3. The number of benzene rings is 2. The van der Waals surface area contributed by atoms with E-state index in [0.29, 0.717) is 11.3 Å². The number of nitrogens with zero attached hydrogens (tertiary/aromatic N) is 3. The van der Waals surface area contributed by atoms with Gasteiger partial charge in [0.15, 0.2) is 17.2 Å². The number of rotatable bonds is 5. The lowest BCUT2D eigenvalue weighted by atomic mass is 9.97. The van der Waals surface area contributed by atoms with Crippen LogP contribution in [0.3, 0.4) is 0 Å². The van der Waals surface area contributed by atoms with Crippen LogP contribution < -0.4 is 19.6 Å². The van der Waals surface area contributed by atoms with Crippen molar-refractivity contribution in [2.45, 2.75) is 18.6 Å². The zero-order valence-corrected chi connectivity index (χ0v) is 17.5. The van der Waals surface area contributed by atoms with E-state index in [9.17, 15) is 19.1 Å². The van der Waals surface area contributed by atoms with Crippen molar-refractivity contribution >= 4 is 23.1 Å². The summed E-state index contributed by atoms with van der Waals surface area (Å²) in [7, 11) is 1.27. The number of hydrogen-bond acceptors (Lipinski definition) is 7. The highest BCUT2D eigenvalue weighted by molar-refractivity contribution is 5.99. The number of methoxy groups -OCH3 is 1. The van der Waals surface area contributed by atoms with Gasteiger partial charge < -0.3 is 23.9 Å². The second-order valence-electron chi connectivity index (χ2n) is 7.72. The first-order valence-electron chi connectivity index (χ1n) is 10.0. The Hall–Kier alpha value is -4.46. The molecule has 1 fully saturated rings. The largest absolute Gasteiger partial charge is 0.494 e. The fourth-order valence-corrected chi connectivity index (χ4v) is 4.15. The highest BCUT2D eigenvalue weighted by Crippen LogP contribution is 2.47. The third-order valence-corrected chi connectivity index (χ3v) is 5.75. The third-order valence-electron chi connectivity index (χ3n) is 5.75. The van der Waals surface area contributed by atoms with Gasteiger partial charge in [-0.3, -0.25) is 4.79 Å². The number of halogens is 2. The number of pyridine rings is 1. The minimum Gasteiger partial charge on any atom is -0.494 e. The normalized spacial score (nSPS) is 18.3. The van der Waals surface area contributed by atoms with Crippen LogP contribution in [0.15, 0.2) is 34.2 Å². The second kappa shape index (κ2) is 7.84. The molecule has 0 spiro atoms. The van der Waals surface area contributed by atoms with Gasteiger partial charge in [-0.15, -0.1) is 0 Å². The Bertz CT molecular complexity index is 1510. The van der Waals surface area contributed by atoms with E-state index in [1.54, 1.807) is 6.19 Å². The predicted octanol–water partition coefficient (Wildman–Crippen LogP) is 3.43. The van der Waals surface area contributed by atoms with Crippen LogP contribution in [0.4, 0.5) is 8.78 Å². The van der Waals surface area contributed by atoms with E-state index in [1.165, 1.54) is 30.0 Å². The van der Waals surface area contributed by atoms with E-state index in [0.717, 1.165) is 12.3 Å². The Morgan fingerprint density at radius 2 is 2.15 bits per heavy atom. The Morgan fingerprint density at radius 3 is 2.79 bits per heavy atom. The van der Waals surface area contributed by atoms with Gasteiger partial charge in [-0.05, 0) is 23.8 Å². The number of nitriles is 1. The Balaban J connectivity index is 1.85. The molecule has 1 aliphatic heterocycles. The monoisotopic (exact) mass is 467 g/mol. The molecule has 34 heavy (non-hydrogen) atoms. The standard InChI is InChI=1S/C23H15F2N3O6/c1-32-22-18(10-2-11(6-27-8-26)21-17(3-10)33-9-34-21)15(25)4-12-19(22)28(16-5-14(16)24)7-13(20(12)29)23(30)31/h2-4,6-7,14,16H,5,9H2,1H3,(H,30,31). The minimum absolute atomic E-state index is 0.0628. The zero-order chi connectivity index (χ0) is 24.1. The summed E-state index contributed by atoms with van der Waals surface area (Å²) in [6.07, 6.45) is 2.79. The summed E-state index contributed by atoms with van der Waals surface area (Å²) in [5.74, 6) is -1.85. The number of carboxylic acid groups (broad SMARTS) is 1. The molecule has 1 aromatic heterocycles. The van der Waals surface area contributed by atoms with Crippen molar-refractivity contribution in [2.75, 3.05) is 13.9 Å². The molecule has 0 radical (unpaired) electrons. The van der Waals surface area contributed by atoms with Crippen LogP contribution in [-0.2, 0) is 0 Å². The summed E-state index contributed by atoms with van der Waals surface area (Å²) < 4.78 is 47.2. The SMILES string of the molecule is COc1c(-c2cc(C=NC#N)c3c(c2)OCO3)c(F)cc2c(=O)c(C(=O)O)cn(C3CC3F)c12. The lowest BCUT2D eigenvalue weighted by molar-refractivity contribution is 0.0694. The topological polar surface area (TPSA) is 123 Å². The third kappa shape index (κ3) is 3.23. The first-order chi connectivity index (χ1) is 16.3. The number of aromatic nitrogens is 1. The molecule has 2 heterocycles. The molecule has 0 saturated heterocycles. The van der Waals surface area contributed by atoms with Crippen molar-refractivity contribution in [1.29, 1.82) is 5.26 Å². The number of carbonyl (C=O) groups is 1. The quantitative estimate of drug-likeness (QED) is 0.450. The number of carboxylic acids is 1. The molecule has 2 unspecified atom stereocenters. The van der Waals surface area contributed by atoms with Gasteiger partial charge in [-0.2, -0.15) is 10.3 Å². The summed E-state index contributed by atoms with van der Waals surface area (Å²) in [6, 6.07) is 3.21. The Labute approximate surface area is 190 Å². The maximum Gasteiger partial charge on any atom is 0.341 e. The molecular weight excluding hydrogens is 452 g/mol. The van der Waals surface area contributed by atoms with Crippen molar-refractivity contribution in [3.63, 3.8) is 0 Å². The van der Waals surface area contributed by atoms with Gasteiger partial charge in [0.05, 0.1) is 35.8 Å². The average Bonchev–Trinajstić information content (AvgIpc) is 3.34. The van der Waals surface area contributed by atoms with E-state index in [2.05, 4.69) is 4.99 Å². The molecule has 5 rings (SSSR count).